The van der Waals surface area contributed by atoms with Gasteiger partial charge in [0.15, 0.2) is 0 Å². The van der Waals surface area contributed by atoms with E-state index in [-0.39, 0.29) is 0 Å². The molecule has 0 bridgehead atoms. The van der Waals surface area contributed by atoms with E-state index in [4.69, 9.17) is 4.74 Å². The van der Waals surface area contributed by atoms with Crippen molar-refractivity contribution in [3.8, 4) is 5.75 Å². The molecule has 2 heteroatoms. The monoisotopic (exact) mass is 235 g/mol. The van der Waals surface area contributed by atoms with Gasteiger partial charge in [-0.1, -0.05) is 32.9 Å². The van der Waals surface area contributed by atoms with E-state index >= 15 is 0 Å². The number of aryl methyl sites for hydroxylation is 1. The van der Waals surface area contributed by atoms with Crippen molar-refractivity contribution in [1.29, 1.82) is 0 Å². The molecule has 0 aromatic heterocycles. The highest BCUT2D eigenvalue weighted by Crippen LogP contribution is 2.17. The molecule has 2 nitrogen and oxygen atoms in total. The molecule has 0 saturated carbocycles. The fraction of sp³-hybridized carbons (Fsp3) is 0.600. The van der Waals surface area contributed by atoms with Gasteiger partial charge in [-0.15, -0.1) is 0 Å². The fourth-order valence-electron chi connectivity index (χ4n) is 1.95. The molecule has 1 saturated heterocycles. The molecule has 1 fully saturated rings. The molecule has 1 heterocycles. The Bertz CT molecular complexity index is 306. The zero-order valence-electron chi connectivity index (χ0n) is 11.3. The number of hydrogen-bond donors (Lipinski definition) is 1. The van der Waals surface area contributed by atoms with Crippen molar-refractivity contribution in [3.05, 3.63) is 29.8 Å². The Hall–Kier alpha value is -1.02. The first-order valence-corrected chi connectivity index (χ1v) is 6.85. The zero-order chi connectivity index (χ0) is 12.5. The normalized spacial score (nSPS) is 19.1. The van der Waals surface area contributed by atoms with Gasteiger partial charge in [0, 0.05) is 6.54 Å². The van der Waals surface area contributed by atoms with E-state index in [0.717, 1.165) is 25.3 Å². The molecule has 1 N–H and O–H groups in total. The molecule has 1 atom stereocenters. The molecule has 2 rings (SSSR count). The molecule has 96 valence electrons. The Morgan fingerprint density at radius 3 is 2.82 bits per heavy atom. The minimum absolute atomic E-state index is 0.353. The molecule has 1 unspecified atom stereocenters. The molecule has 17 heavy (non-hydrogen) atoms. The van der Waals surface area contributed by atoms with Crippen molar-refractivity contribution < 1.29 is 4.74 Å². The van der Waals surface area contributed by atoms with Gasteiger partial charge in [0.25, 0.3) is 0 Å². The molecule has 1 aliphatic heterocycles. The highest BCUT2D eigenvalue weighted by atomic mass is 16.5. The predicted octanol–water partition coefficient (Wildman–Crippen LogP) is 3.41. The third kappa shape index (κ3) is 4.78. The second-order valence-corrected chi connectivity index (χ2v) is 4.09. The average molecular weight is 235 g/mol. The average Bonchev–Trinajstić information content (AvgIpc) is 2.42. The van der Waals surface area contributed by atoms with Gasteiger partial charge >= 0.3 is 0 Å². The van der Waals surface area contributed by atoms with Gasteiger partial charge in [-0.25, -0.2) is 0 Å². The summed E-state index contributed by atoms with van der Waals surface area (Å²) in [7, 11) is 0. The molecule has 0 spiro atoms. The fourth-order valence-corrected chi connectivity index (χ4v) is 1.95. The van der Waals surface area contributed by atoms with Crippen molar-refractivity contribution in [2.75, 3.05) is 13.1 Å². The number of benzene rings is 1. The van der Waals surface area contributed by atoms with Crippen LogP contribution in [0.15, 0.2) is 24.3 Å². The predicted molar refractivity (Wildman–Crippen MR) is 73.7 cm³/mol. The first kappa shape index (κ1) is 14.0. The van der Waals surface area contributed by atoms with Crippen LogP contribution in [-0.4, -0.2) is 19.2 Å². The van der Waals surface area contributed by atoms with Crippen molar-refractivity contribution in [1.82, 2.24) is 5.32 Å². The van der Waals surface area contributed by atoms with Crippen molar-refractivity contribution in [3.63, 3.8) is 0 Å². The second kappa shape index (κ2) is 8.13. The molecule has 0 radical (unpaired) electrons. The zero-order valence-corrected chi connectivity index (χ0v) is 11.3. The minimum atomic E-state index is 0.353. The largest absolute Gasteiger partial charge is 0.489 e. The lowest BCUT2D eigenvalue weighted by molar-refractivity contribution is 0.167. The van der Waals surface area contributed by atoms with Gasteiger partial charge in [-0.2, -0.15) is 0 Å². The maximum atomic E-state index is 5.94. The SMILES string of the molecule is CC.CCc1cccc(OC2CCCNC2)c1. The summed E-state index contributed by atoms with van der Waals surface area (Å²) in [6, 6.07) is 8.42. The van der Waals surface area contributed by atoms with Gasteiger partial charge in [0.05, 0.1) is 0 Å². The van der Waals surface area contributed by atoms with Crippen LogP contribution in [0.3, 0.4) is 0 Å². The van der Waals surface area contributed by atoms with Crippen LogP contribution in [0.1, 0.15) is 39.2 Å². The Kier molecular flexibility index (Phi) is 6.71. The summed E-state index contributed by atoms with van der Waals surface area (Å²) in [4.78, 5) is 0. The second-order valence-electron chi connectivity index (χ2n) is 4.09. The topological polar surface area (TPSA) is 21.3 Å². The molecule has 0 amide bonds. The van der Waals surface area contributed by atoms with E-state index in [1.807, 2.05) is 19.9 Å². The molecule has 1 aliphatic rings. The summed E-state index contributed by atoms with van der Waals surface area (Å²) < 4.78 is 5.94. The number of ether oxygens (including phenoxy) is 1. The highest BCUT2D eigenvalue weighted by molar-refractivity contribution is 5.28. The smallest absolute Gasteiger partial charge is 0.120 e. The maximum absolute atomic E-state index is 5.94. The van der Waals surface area contributed by atoms with Crippen LogP contribution >= 0.6 is 0 Å². The highest BCUT2D eigenvalue weighted by Gasteiger charge is 2.13. The van der Waals surface area contributed by atoms with E-state index < -0.39 is 0 Å². The number of rotatable bonds is 3. The first-order chi connectivity index (χ1) is 8.38. The minimum Gasteiger partial charge on any atom is -0.489 e. The standard InChI is InChI=1S/C13H19NO.C2H6/c1-2-11-5-3-6-12(9-11)15-13-7-4-8-14-10-13;1-2/h3,5-6,9,13-14H,2,4,7-8,10H2,1H3;1-2H3. The van der Waals surface area contributed by atoms with Gasteiger partial charge < -0.3 is 10.1 Å². The van der Waals surface area contributed by atoms with Crippen LogP contribution in [0.25, 0.3) is 0 Å². The van der Waals surface area contributed by atoms with E-state index in [1.165, 1.54) is 18.4 Å². The number of piperidine rings is 1. The van der Waals surface area contributed by atoms with Crippen LogP contribution in [0.4, 0.5) is 0 Å². The summed E-state index contributed by atoms with van der Waals surface area (Å²) >= 11 is 0. The third-order valence-corrected chi connectivity index (χ3v) is 2.86. The van der Waals surface area contributed by atoms with E-state index in [2.05, 4.69) is 30.4 Å². The Morgan fingerprint density at radius 2 is 2.18 bits per heavy atom. The first-order valence-electron chi connectivity index (χ1n) is 6.85. The maximum Gasteiger partial charge on any atom is 0.120 e. The number of nitrogens with one attached hydrogen (secondary N) is 1. The quantitative estimate of drug-likeness (QED) is 0.867. The van der Waals surface area contributed by atoms with E-state index in [1.54, 1.807) is 0 Å². The lowest BCUT2D eigenvalue weighted by Crippen LogP contribution is -2.37. The number of hydrogen-bond acceptors (Lipinski definition) is 2. The van der Waals surface area contributed by atoms with Gasteiger partial charge in [-0.3, -0.25) is 0 Å². The van der Waals surface area contributed by atoms with Crippen molar-refractivity contribution in [2.24, 2.45) is 0 Å². The summed E-state index contributed by atoms with van der Waals surface area (Å²) in [6.45, 7) is 8.28. The summed E-state index contributed by atoms with van der Waals surface area (Å²) in [5.41, 5.74) is 1.34. The molecule has 1 aromatic carbocycles. The van der Waals surface area contributed by atoms with Gasteiger partial charge in [0.1, 0.15) is 11.9 Å². The third-order valence-electron chi connectivity index (χ3n) is 2.86. The summed E-state index contributed by atoms with van der Waals surface area (Å²) in [5.74, 6) is 1.02. The Morgan fingerprint density at radius 1 is 1.35 bits per heavy atom. The van der Waals surface area contributed by atoms with E-state index in [9.17, 15) is 0 Å². The van der Waals surface area contributed by atoms with Crippen LogP contribution in [-0.2, 0) is 6.42 Å². The Labute approximate surface area is 105 Å². The molecule has 0 aliphatic carbocycles. The van der Waals surface area contributed by atoms with Crippen molar-refractivity contribution in [2.45, 2.75) is 46.1 Å². The molecular weight excluding hydrogens is 210 g/mol. The van der Waals surface area contributed by atoms with E-state index in [0.29, 0.717) is 6.10 Å². The van der Waals surface area contributed by atoms with Crippen LogP contribution in [0, 0.1) is 0 Å². The molecular formula is C15H25NO. The Balaban J connectivity index is 0.000000686. The van der Waals surface area contributed by atoms with Crippen molar-refractivity contribution >= 4 is 0 Å². The summed E-state index contributed by atoms with van der Waals surface area (Å²) in [5, 5.41) is 3.36. The van der Waals surface area contributed by atoms with Gasteiger partial charge in [0.2, 0.25) is 0 Å². The van der Waals surface area contributed by atoms with Crippen LogP contribution in [0.2, 0.25) is 0 Å². The summed E-state index contributed by atoms with van der Waals surface area (Å²) in [6.07, 6.45) is 3.81. The van der Waals surface area contributed by atoms with Crippen LogP contribution < -0.4 is 10.1 Å². The molecule has 1 aromatic rings. The van der Waals surface area contributed by atoms with Crippen LogP contribution in [0.5, 0.6) is 5.75 Å². The lowest BCUT2D eigenvalue weighted by Gasteiger charge is -2.24. The lowest BCUT2D eigenvalue weighted by atomic mass is 10.1. The van der Waals surface area contributed by atoms with Gasteiger partial charge in [-0.05, 0) is 43.5 Å².